The highest BCUT2D eigenvalue weighted by Gasteiger charge is 2.36. The van der Waals surface area contributed by atoms with E-state index in [1.54, 1.807) is 4.90 Å². The zero-order valence-corrected chi connectivity index (χ0v) is 17.4. The van der Waals surface area contributed by atoms with Crippen LogP contribution in [0.1, 0.15) is 6.92 Å². The number of ether oxygens (including phenoxy) is 2. The van der Waals surface area contributed by atoms with Gasteiger partial charge in [0.25, 0.3) is 11.8 Å². The molecule has 2 aromatic rings. The van der Waals surface area contributed by atoms with E-state index in [1.807, 2.05) is 73.5 Å². The van der Waals surface area contributed by atoms with Gasteiger partial charge in [-0.15, -0.1) is 0 Å². The molecule has 1 N–H and O–H groups in total. The van der Waals surface area contributed by atoms with Gasteiger partial charge >= 0.3 is 0 Å². The third-order valence-electron chi connectivity index (χ3n) is 5.96. The molecule has 2 amide bonds. The van der Waals surface area contributed by atoms with E-state index in [4.69, 9.17) is 9.47 Å². The van der Waals surface area contributed by atoms with E-state index >= 15 is 0 Å². The Balaban J connectivity index is 1.31. The van der Waals surface area contributed by atoms with Crippen LogP contribution in [0.25, 0.3) is 0 Å². The third kappa shape index (κ3) is 4.11. The number of fused-ring (bicyclic) bond motifs is 1. The highest BCUT2D eigenvalue weighted by molar-refractivity contribution is 5.95. The molecular formula is C23H28N3O4+. The van der Waals surface area contributed by atoms with Gasteiger partial charge in [-0.1, -0.05) is 30.3 Å². The average Bonchev–Trinajstić information content (AvgIpc) is 2.82. The lowest BCUT2D eigenvalue weighted by Crippen LogP contribution is -3.19. The molecule has 1 fully saturated rings. The number of likely N-dealkylation sites (N-methyl/N-ethyl adjacent to an activating group) is 1. The summed E-state index contributed by atoms with van der Waals surface area (Å²) in [6.07, 6.45) is -0.621. The maximum Gasteiger partial charge on any atom is 0.284 e. The molecule has 2 aliphatic heterocycles. The van der Waals surface area contributed by atoms with Gasteiger partial charge in [0.2, 0.25) is 6.10 Å². The molecule has 7 heteroatoms. The minimum absolute atomic E-state index is 0.0519. The molecule has 0 spiro atoms. The number of hydrogen-bond donors (Lipinski definition) is 1. The predicted molar refractivity (Wildman–Crippen MR) is 113 cm³/mol. The Morgan fingerprint density at radius 2 is 1.67 bits per heavy atom. The molecule has 0 bridgehead atoms. The lowest BCUT2D eigenvalue weighted by molar-refractivity contribution is -0.917. The van der Waals surface area contributed by atoms with Crippen molar-refractivity contribution in [1.82, 2.24) is 4.90 Å². The zero-order valence-electron chi connectivity index (χ0n) is 17.4. The molecule has 0 saturated carbocycles. The number of piperazine rings is 1. The van der Waals surface area contributed by atoms with Crippen LogP contribution in [0.3, 0.4) is 0 Å². The van der Waals surface area contributed by atoms with E-state index < -0.39 is 6.10 Å². The number of hydrogen-bond acceptors (Lipinski definition) is 4. The number of carbonyl (C=O) groups excluding carboxylic acids is 2. The number of quaternary nitrogens is 1. The van der Waals surface area contributed by atoms with Gasteiger partial charge in [-0.05, 0) is 31.2 Å². The molecule has 2 aromatic carbocycles. The number of benzene rings is 2. The van der Waals surface area contributed by atoms with Crippen molar-refractivity contribution >= 4 is 17.5 Å². The van der Waals surface area contributed by atoms with Crippen LogP contribution in [0.2, 0.25) is 0 Å². The summed E-state index contributed by atoms with van der Waals surface area (Å²) in [6.45, 7) is 4.84. The molecule has 158 valence electrons. The molecule has 2 aliphatic rings. The van der Waals surface area contributed by atoms with Crippen molar-refractivity contribution in [2.24, 2.45) is 0 Å². The quantitative estimate of drug-likeness (QED) is 0.802. The lowest BCUT2D eigenvalue weighted by atomic mass is 10.1. The largest absolute Gasteiger partial charge is 0.485 e. The van der Waals surface area contributed by atoms with E-state index in [0.717, 1.165) is 18.8 Å². The SMILES string of the molecule is C[C@H](C(=O)N(C)c1ccccc1)[NH+]1CCN(C(=O)[C@H]2COc3ccccc3O2)CC1. The standard InChI is InChI=1S/C23H27N3O4/c1-17(22(27)24(2)18-8-4-3-5-9-18)25-12-14-26(15-13-25)23(28)21-16-29-19-10-6-7-11-20(19)30-21/h3-11,17,21H,12-16H2,1-2H3/p+1/t17-,21-/m1/s1. The first kappa shape index (κ1) is 20.2. The normalized spacial score (nSPS) is 19.8. The summed E-state index contributed by atoms with van der Waals surface area (Å²) < 4.78 is 11.5. The monoisotopic (exact) mass is 410 g/mol. The van der Waals surface area contributed by atoms with Crippen LogP contribution in [0.15, 0.2) is 54.6 Å². The molecule has 0 radical (unpaired) electrons. The molecule has 0 aliphatic carbocycles. The summed E-state index contributed by atoms with van der Waals surface area (Å²) in [7, 11) is 1.81. The average molecular weight is 410 g/mol. The number of anilines is 1. The Bertz CT molecular complexity index is 896. The summed E-state index contributed by atoms with van der Waals surface area (Å²) in [5, 5.41) is 0. The van der Waals surface area contributed by atoms with Gasteiger partial charge in [-0.3, -0.25) is 9.59 Å². The molecule has 1 saturated heterocycles. The Morgan fingerprint density at radius 1 is 1.03 bits per heavy atom. The first-order chi connectivity index (χ1) is 14.5. The Morgan fingerprint density at radius 3 is 2.37 bits per heavy atom. The van der Waals surface area contributed by atoms with Crippen molar-refractivity contribution < 1.29 is 24.0 Å². The molecule has 0 aromatic heterocycles. The van der Waals surface area contributed by atoms with E-state index in [2.05, 4.69) is 0 Å². The Kier molecular flexibility index (Phi) is 5.90. The predicted octanol–water partition coefficient (Wildman–Crippen LogP) is 0.605. The fourth-order valence-corrected chi connectivity index (χ4v) is 4.04. The number of nitrogens with one attached hydrogen (secondary N) is 1. The van der Waals surface area contributed by atoms with Gasteiger partial charge in [-0.25, -0.2) is 0 Å². The highest BCUT2D eigenvalue weighted by Crippen LogP contribution is 2.31. The van der Waals surface area contributed by atoms with Gasteiger partial charge in [-0.2, -0.15) is 0 Å². The van der Waals surface area contributed by atoms with Crippen LogP contribution in [0.5, 0.6) is 11.5 Å². The zero-order chi connectivity index (χ0) is 21.1. The second-order valence-electron chi connectivity index (χ2n) is 7.80. The number of rotatable bonds is 4. The van der Waals surface area contributed by atoms with Crippen LogP contribution in [0, 0.1) is 0 Å². The molecule has 2 heterocycles. The first-order valence-electron chi connectivity index (χ1n) is 10.4. The van der Waals surface area contributed by atoms with Crippen LogP contribution in [-0.2, 0) is 9.59 Å². The van der Waals surface area contributed by atoms with Crippen LogP contribution in [0.4, 0.5) is 5.69 Å². The van der Waals surface area contributed by atoms with Gasteiger partial charge < -0.3 is 24.2 Å². The number of carbonyl (C=O) groups is 2. The van der Waals surface area contributed by atoms with Crippen LogP contribution >= 0.6 is 0 Å². The van der Waals surface area contributed by atoms with E-state index in [0.29, 0.717) is 24.6 Å². The minimum atomic E-state index is -0.621. The number of amides is 2. The highest BCUT2D eigenvalue weighted by atomic mass is 16.6. The van der Waals surface area contributed by atoms with Gasteiger partial charge in [0.15, 0.2) is 17.5 Å². The van der Waals surface area contributed by atoms with Crippen molar-refractivity contribution in [2.75, 3.05) is 44.7 Å². The van der Waals surface area contributed by atoms with Gasteiger partial charge in [0, 0.05) is 12.7 Å². The second-order valence-corrected chi connectivity index (χ2v) is 7.80. The molecule has 7 nitrogen and oxygen atoms in total. The van der Waals surface area contributed by atoms with E-state index in [1.165, 1.54) is 4.90 Å². The van der Waals surface area contributed by atoms with Crippen molar-refractivity contribution in [2.45, 2.75) is 19.1 Å². The number of para-hydroxylation sites is 3. The van der Waals surface area contributed by atoms with Crippen molar-refractivity contribution in [3.63, 3.8) is 0 Å². The summed E-state index contributed by atoms with van der Waals surface area (Å²) in [6, 6.07) is 16.9. The summed E-state index contributed by atoms with van der Waals surface area (Å²) >= 11 is 0. The smallest absolute Gasteiger partial charge is 0.284 e. The Hall–Kier alpha value is -3.06. The first-order valence-corrected chi connectivity index (χ1v) is 10.4. The third-order valence-corrected chi connectivity index (χ3v) is 5.96. The fraction of sp³-hybridized carbons (Fsp3) is 0.391. The fourth-order valence-electron chi connectivity index (χ4n) is 4.04. The summed E-state index contributed by atoms with van der Waals surface area (Å²) in [5.41, 5.74) is 0.886. The molecule has 0 unspecified atom stereocenters. The summed E-state index contributed by atoms with van der Waals surface area (Å²) in [4.78, 5) is 30.5. The lowest BCUT2D eigenvalue weighted by Gasteiger charge is -2.37. The summed E-state index contributed by atoms with van der Waals surface area (Å²) in [5.74, 6) is 1.31. The molecule has 2 atom stereocenters. The van der Waals surface area contributed by atoms with Crippen molar-refractivity contribution in [1.29, 1.82) is 0 Å². The number of nitrogens with zero attached hydrogens (tertiary/aromatic N) is 2. The topological polar surface area (TPSA) is 63.5 Å². The van der Waals surface area contributed by atoms with E-state index in [-0.39, 0.29) is 24.5 Å². The maximum absolute atomic E-state index is 12.9. The van der Waals surface area contributed by atoms with Gasteiger partial charge in [0.05, 0.1) is 26.2 Å². The van der Waals surface area contributed by atoms with Crippen molar-refractivity contribution in [3.8, 4) is 11.5 Å². The minimum Gasteiger partial charge on any atom is -0.485 e. The van der Waals surface area contributed by atoms with Crippen molar-refractivity contribution in [3.05, 3.63) is 54.6 Å². The Labute approximate surface area is 176 Å². The van der Waals surface area contributed by atoms with Gasteiger partial charge in [0.1, 0.15) is 6.61 Å². The molecular weight excluding hydrogens is 382 g/mol. The van der Waals surface area contributed by atoms with Crippen LogP contribution < -0.4 is 19.3 Å². The van der Waals surface area contributed by atoms with E-state index in [9.17, 15) is 9.59 Å². The maximum atomic E-state index is 12.9. The second kappa shape index (κ2) is 8.75. The molecule has 4 rings (SSSR count). The molecule has 30 heavy (non-hydrogen) atoms. The van der Waals surface area contributed by atoms with Crippen LogP contribution in [-0.4, -0.2) is 68.7 Å².